The smallest absolute Gasteiger partial charge is 0.115 e. The zero-order valence-corrected chi connectivity index (χ0v) is 14.3. The minimum absolute atomic E-state index is 0.216. The average Bonchev–Trinajstić information content (AvgIpc) is 2.57. The number of piperidine rings is 1. The predicted octanol–water partition coefficient (Wildman–Crippen LogP) is 3.89. The molecule has 1 aliphatic carbocycles. The van der Waals surface area contributed by atoms with Gasteiger partial charge in [-0.05, 0) is 54.5 Å². The SMILES string of the molecule is C=CC#CCN1CC[C@]2(CC)c3cc(O)ccc3CC1[C@@H]2CC. The molecular weight excluding hydrogens is 282 g/mol. The van der Waals surface area contributed by atoms with E-state index in [0.717, 1.165) is 32.4 Å². The monoisotopic (exact) mass is 309 g/mol. The number of hydrogen-bond acceptors (Lipinski definition) is 2. The van der Waals surface area contributed by atoms with E-state index >= 15 is 0 Å². The fraction of sp³-hybridized carbons (Fsp3) is 0.524. The molecule has 0 saturated carbocycles. The van der Waals surface area contributed by atoms with Gasteiger partial charge >= 0.3 is 0 Å². The quantitative estimate of drug-likeness (QED) is 0.856. The van der Waals surface area contributed by atoms with Gasteiger partial charge in [0.1, 0.15) is 5.75 Å². The van der Waals surface area contributed by atoms with E-state index in [1.165, 1.54) is 17.5 Å². The van der Waals surface area contributed by atoms with E-state index in [1.54, 1.807) is 6.08 Å². The van der Waals surface area contributed by atoms with Crippen LogP contribution in [0, 0.1) is 17.8 Å². The summed E-state index contributed by atoms with van der Waals surface area (Å²) in [5.74, 6) is 7.27. The Labute approximate surface area is 140 Å². The number of phenolic OH excluding ortho intramolecular Hbond substituents is 1. The molecule has 3 rings (SSSR count). The van der Waals surface area contributed by atoms with E-state index in [0.29, 0.717) is 17.7 Å². The van der Waals surface area contributed by atoms with Crippen molar-refractivity contribution in [3.05, 3.63) is 42.0 Å². The van der Waals surface area contributed by atoms with E-state index in [9.17, 15) is 5.11 Å². The molecule has 1 aromatic rings. The molecule has 3 atom stereocenters. The van der Waals surface area contributed by atoms with Gasteiger partial charge < -0.3 is 5.11 Å². The number of hydrogen-bond donors (Lipinski definition) is 1. The first-order valence-electron chi connectivity index (χ1n) is 8.82. The van der Waals surface area contributed by atoms with Crippen molar-refractivity contribution >= 4 is 0 Å². The topological polar surface area (TPSA) is 23.5 Å². The van der Waals surface area contributed by atoms with Crippen molar-refractivity contribution in [2.45, 2.75) is 51.0 Å². The number of likely N-dealkylation sites (tertiary alicyclic amines) is 1. The molecule has 2 nitrogen and oxygen atoms in total. The Kier molecular flexibility index (Phi) is 4.50. The third-order valence-electron chi connectivity index (χ3n) is 6.10. The van der Waals surface area contributed by atoms with Gasteiger partial charge in [0.25, 0.3) is 0 Å². The minimum Gasteiger partial charge on any atom is -0.508 e. The van der Waals surface area contributed by atoms with E-state index in [4.69, 9.17) is 0 Å². The maximum atomic E-state index is 10.0. The number of allylic oxidation sites excluding steroid dienone is 1. The lowest BCUT2D eigenvalue weighted by Crippen LogP contribution is -2.59. The van der Waals surface area contributed by atoms with Crippen LogP contribution in [-0.4, -0.2) is 29.1 Å². The van der Waals surface area contributed by atoms with Gasteiger partial charge in [-0.2, -0.15) is 0 Å². The van der Waals surface area contributed by atoms with Crippen LogP contribution >= 0.6 is 0 Å². The largest absolute Gasteiger partial charge is 0.508 e. The molecule has 2 heteroatoms. The Morgan fingerprint density at radius 1 is 1.43 bits per heavy atom. The summed E-state index contributed by atoms with van der Waals surface area (Å²) < 4.78 is 0. The molecule has 1 aliphatic heterocycles. The van der Waals surface area contributed by atoms with Crippen LogP contribution in [0.4, 0.5) is 0 Å². The van der Waals surface area contributed by atoms with Crippen LogP contribution in [0.1, 0.15) is 44.2 Å². The Bertz CT molecular complexity index is 654. The number of benzene rings is 1. The van der Waals surface area contributed by atoms with Crippen molar-refractivity contribution < 1.29 is 5.11 Å². The lowest BCUT2D eigenvalue weighted by atomic mass is 9.55. The summed E-state index contributed by atoms with van der Waals surface area (Å²) >= 11 is 0. The molecule has 23 heavy (non-hydrogen) atoms. The van der Waals surface area contributed by atoms with Gasteiger partial charge in [0.15, 0.2) is 0 Å². The van der Waals surface area contributed by atoms with Gasteiger partial charge in [0.05, 0.1) is 6.54 Å². The van der Waals surface area contributed by atoms with Crippen molar-refractivity contribution in [3.63, 3.8) is 0 Å². The number of phenols is 1. The van der Waals surface area contributed by atoms with E-state index in [1.807, 2.05) is 12.1 Å². The standard InChI is InChI=1S/C21H27NO/c1-4-7-8-12-22-13-11-21(6-3)18(5-2)20(22)14-16-9-10-17(23)15-19(16)21/h4,9-10,15,18,20,23H,1,5-6,11-14H2,2-3H3/t18-,20?,21-/m0/s1. The summed E-state index contributed by atoms with van der Waals surface area (Å²) in [5.41, 5.74) is 3.04. The Hall–Kier alpha value is -1.72. The molecule has 0 amide bonds. The molecule has 1 heterocycles. The zero-order valence-electron chi connectivity index (χ0n) is 14.3. The highest BCUT2D eigenvalue weighted by molar-refractivity contribution is 5.44. The Balaban J connectivity index is 2.03. The molecule has 0 spiro atoms. The third kappa shape index (κ3) is 2.58. The van der Waals surface area contributed by atoms with Gasteiger partial charge in [0.2, 0.25) is 0 Å². The highest BCUT2D eigenvalue weighted by Crippen LogP contribution is 2.52. The first-order valence-corrected chi connectivity index (χ1v) is 8.82. The first-order chi connectivity index (χ1) is 11.2. The van der Waals surface area contributed by atoms with Gasteiger partial charge in [-0.3, -0.25) is 4.90 Å². The second kappa shape index (κ2) is 6.42. The second-order valence-corrected chi connectivity index (χ2v) is 6.88. The van der Waals surface area contributed by atoms with E-state index < -0.39 is 0 Å². The highest BCUT2D eigenvalue weighted by Gasteiger charge is 2.51. The summed E-state index contributed by atoms with van der Waals surface area (Å²) in [7, 11) is 0. The molecule has 1 unspecified atom stereocenters. The highest BCUT2D eigenvalue weighted by atomic mass is 16.3. The van der Waals surface area contributed by atoms with Crippen molar-refractivity contribution in [1.82, 2.24) is 4.90 Å². The zero-order chi connectivity index (χ0) is 16.4. The van der Waals surface area contributed by atoms with Gasteiger partial charge in [-0.1, -0.05) is 44.8 Å². The number of rotatable bonds is 3. The van der Waals surface area contributed by atoms with Crippen LogP contribution in [0.25, 0.3) is 0 Å². The fourth-order valence-corrected chi connectivity index (χ4v) is 5.06. The molecular formula is C21H27NO. The molecule has 1 N–H and O–H groups in total. The van der Waals surface area contributed by atoms with Crippen LogP contribution < -0.4 is 0 Å². The normalized spacial score (nSPS) is 29.3. The average molecular weight is 309 g/mol. The summed E-state index contributed by atoms with van der Waals surface area (Å²) in [6.07, 6.45) is 6.23. The van der Waals surface area contributed by atoms with E-state index in [2.05, 4.69) is 43.2 Å². The van der Waals surface area contributed by atoms with Gasteiger partial charge in [-0.25, -0.2) is 0 Å². The van der Waals surface area contributed by atoms with Crippen LogP contribution in [0.2, 0.25) is 0 Å². The summed E-state index contributed by atoms with van der Waals surface area (Å²) in [4.78, 5) is 2.56. The molecule has 1 fully saturated rings. The fourth-order valence-electron chi connectivity index (χ4n) is 5.06. The van der Waals surface area contributed by atoms with Crippen molar-refractivity contribution in [3.8, 4) is 17.6 Å². The third-order valence-corrected chi connectivity index (χ3v) is 6.10. The Morgan fingerprint density at radius 2 is 2.26 bits per heavy atom. The second-order valence-electron chi connectivity index (χ2n) is 6.88. The van der Waals surface area contributed by atoms with Crippen molar-refractivity contribution in [1.29, 1.82) is 0 Å². The lowest BCUT2D eigenvalue weighted by molar-refractivity contribution is 0.0176. The molecule has 1 saturated heterocycles. The van der Waals surface area contributed by atoms with Crippen LogP contribution in [0.15, 0.2) is 30.9 Å². The first kappa shape index (κ1) is 16.1. The molecule has 122 valence electrons. The minimum atomic E-state index is 0.216. The van der Waals surface area contributed by atoms with Gasteiger partial charge in [-0.15, -0.1) is 0 Å². The maximum absolute atomic E-state index is 10.0. The van der Waals surface area contributed by atoms with Crippen molar-refractivity contribution in [2.24, 2.45) is 5.92 Å². The summed E-state index contributed by atoms with van der Waals surface area (Å²) in [6, 6.07) is 6.56. The molecule has 0 aromatic heterocycles. The number of aromatic hydroxyl groups is 1. The van der Waals surface area contributed by atoms with E-state index in [-0.39, 0.29) is 5.41 Å². The van der Waals surface area contributed by atoms with Crippen LogP contribution in [-0.2, 0) is 11.8 Å². The van der Waals surface area contributed by atoms with Gasteiger partial charge in [0, 0.05) is 18.0 Å². The number of nitrogens with zero attached hydrogens (tertiary/aromatic N) is 1. The van der Waals surface area contributed by atoms with Crippen LogP contribution in [0.5, 0.6) is 5.75 Å². The molecule has 0 radical (unpaired) electrons. The Morgan fingerprint density at radius 3 is 2.96 bits per heavy atom. The predicted molar refractivity (Wildman–Crippen MR) is 95.5 cm³/mol. The van der Waals surface area contributed by atoms with Crippen molar-refractivity contribution in [2.75, 3.05) is 13.1 Å². The van der Waals surface area contributed by atoms with Crippen LogP contribution in [0.3, 0.4) is 0 Å². The lowest BCUT2D eigenvalue weighted by Gasteiger charge is -2.56. The maximum Gasteiger partial charge on any atom is 0.115 e. The molecule has 2 aliphatic rings. The summed E-state index contributed by atoms with van der Waals surface area (Å²) in [6.45, 7) is 10.2. The summed E-state index contributed by atoms with van der Waals surface area (Å²) in [5, 5.41) is 10.0. The molecule has 2 bridgehead atoms. The molecule has 1 aromatic carbocycles. The number of fused-ring (bicyclic) bond motifs is 4.